The first kappa shape index (κ1) is 23.8. The van der Waals surface area contributed by atoms with Gasteiger partial charge < -0.3 is 4.74 Å². The van der Waals surface area contributed by atoms with E-state index >= 15 is 0 Å². The van der Waals surface area contributed by atoms with Gasteiger partial charge in [0.05, 0.1) is 6.61 Å². The molecule has 1 aliphatic carbocycles. The second-order valence-corrected chi connectivity index (χ2v) is 9.06. The SMILES string of the molecule is CCCCCCCCCOc1ccc(-c2ccc(C3CCC(C(F)F)CC3)cc2)cc1. The molecule has 0 atom stereocenters. The lowest BCUT2D eigenvalue weighted by molar-refractivity contribution is 0.0528. The molecule has 0 bridgehead atoms. The Morgan fingerprint density at radius 3 is 1.87 bits per heavy atom. The van der Waals surface area contributed by atoms with Crippen LogP contribution >= 0.6 is 0 Å². The van der Waals surface area contributed by atoms with Gasteiger partial charge in [0.1, 0.15) is 5.75 Å². The van der Waals surface area contributed by atoms with E-state index in [2.05, 4.69) is 55.5 Å². The molecule has 0 amide bonds. The fourth-order valence-electron chi connectivity index (χ4n) is 4.65. The first-order valence-corrected chi connectivity index (χ1v) is 12.3. The molecule has 0 spiro atoms. The van der Waals surface area contributed by atoms with Crippen LogP contribution < -0.4 is 4.74 Å². The summed E-state index contributed by atoms with van der Waals surface area (Å²) >= 11 is 0. The summed E-state index contributed by atoms with van der Waals surface area (Å²) in [5, 5.41) is 0. The Morgan fingerprint density at radius 2 is 1.29 bits per heavy atom. The van der Waals surface area contributed by atoms with Gasteiger partial charge in [-0.2, -0.15) is 0 Å². The van der Waals surface area contributed by atoms with Crippen molar-refractivity contribution < 1.29 is 13.5 Å². The van der Waals surface area contributed by atoms with Gasteiger partial charge in [-0.05, 0) is 66.8 Å². The lowest BCUT2D eigenvalue weighted by atomic mass is 9.78. The van der Waals surface area contributed by atoms with Crippen molar-refractivity contribution in [1.82, 2.24) is 0 Å². The van der Waals surface area contributed by atoms with E-state index in [1.165, 1.54) is 55.2 Å². The number of hydrogen-bond donors (Lipinski definition) is 0. The summed E-state index contributed by atoms with van der Waals surface area (Å²) in [5.74, 6) is 0.954. The van der Waals surface area contributed by atoms with Crippen molar-refractivity contribution in [3.8, 4) is 16.9 Å². The molecule has 1 nitrogen and oxygen atoms in total. The summed E-state index contributed by atoms with van der Waals surface area (Å²) in [5.41, 5.74) is 3.64. The molecular formula is C28H38F2O. The molecule has 1 aliphatic rings. The maximum Gasteiger partial charge on any atom is 0.241 e. The number of halogens is 2. The molecule has 1 fully saturated rings. The molecule has 0 unspecified atom stereocenters. The second kappa shape index (κ2) is 12.8. The average Bonchev–Trinajstić information content (AvgIpc) is 2.81. The average molecular weight is 429 g/mol. The van der Waals surface area contributed by atoms with E-state index in [-0.39, 0.29) is 0 Å². The number of ether oxygens (including phenoxy) is 1. The van der Waals surface area contributed by atoms with Crippen molar-refractivity contribution >= 4 is 0 Å². The van der Waals surface area contributed by atoms with E-state index in [1.807, 2.05) is 0 Å². The standard InChI is InChI=1S/C28H38F2O/c1-2-3-4-5-6-7-8-21-31-27-19-17-25(18-20-27)23-11-9-22(10-12-23)24-13-15-26(16-14-24)28(29)30/h9-12,17-20,24,26,28H,2-8,13-16,21H2,1H3. The molecule has 0 heterocycles. The van der Waals surface area contributed by atoms with Crippen LogP contribution in [0.1, 0.15) is 89.0 Å². The van der Waals surface area contributed by atoms with Crippen LogP contribution in [0.4, 0.5) is 8.78 Å². The largest absolute Gasteiger partial charge is 0.494 e. The van der Waals surface area contributed by atoms with Crippen LogP contribution in [0.3, 0.4) is 0 Å². The van der Waals surface area contributed by atoms with E-state index in [0.717, 1.165) is 31.6 Å². The Balaban J connectivity index is 1.41. The van der Waals surface area contributed by atoms with E-state index in [4.69, 9.17) is 4.74 Å². The molecular weight excluding hydrogens is 390 g/mol. The van der Waals surface area contributed by atoms with Crippen LogP contribution in [0.5, 0.6) is 5.75 Å². The highest BCUT2D eigenvalue weighted by Gasteiger charge is 2.27. The smallest absolute Gasteiger partial charge is 0.241 e. The zero-order valence-corrected chi connectivity index (χ0v) is 19.0. The Labute approximate surface area is 187 Å². The quantitative estimate of drug-likeness (QED) is 0.306. The van der Waals surface area contributed by atoms with E-state index in [0.29, 0.717) is 18.8 Å². The van der Waals surface area contributed by atoms with Crippen molar-refractivity contribution in [2.45, 2.75) is 89.9 Å². The molecule has 170 valence electrons. The fourth-order valence-corrected chi connectivity index (χ4v) is 4.65. The highest BCUT2D eigenvalue weighted by molar-refractivity contribution is 5.64. The highest BCUT2D eigenvalue weighted by Crippen LogP contribution is 2.38. The third-order valence-corrected chi connectivity index (χ3v) is 6.71. The predicted octanol–water partition coefficient (Wildman–Crippen LogP) is 9.02. The maximum atomic E-state index is 12.9. The van der Waals surface area contributed by atoms with Crippen LogP contribution in [-0.4, -0.2) is 13.0 Å². The molecule has 0 N–H and O–H groups in total. The van der Waals surface area contributed by atoms with Gasteiger partial charge in [-0.1, -0.05) is 81.8 Å². The number of unbranched alkanes of at least 4 members (excludes halogenated alkanes) is 6. The topological polar surface area (TPSA) is 9.23 Å². The van der Waals surface area contributed by atoms with Crippen molar-refractivity contribution in [3.05, 3.63) is 54.1 Å². The summed E-state index contributed by atoms with van der Waals surface area (Å²) < 4.78 is 31.6. The second-order valence-electron chi connectivity index (χ2n) is 9.06. The van der Waals surface area contributed by atoms with E-state index in [1.54, 1.807) is 0 Å². The third-order valence-electron chi connectivity index (χ3n) is 6.71. The van der Waals surface area contributed by atoms with Gasteiger partial charge in [-0.25, -0.2) is 8.78 Å². The van der Waals surface area contributed by atoms with Crippen LogP contribution in [-0.2, 0) is 0 Å². The monoisotopic (exact) mass is 428 g/mol. The zero-order chi connectivity index (χ0) is 21.9. The van der Waals surface area contributed by atoms with Crippen LogP contribution in [0.2, 0.25) is 0 Å². The molecule has 0 aliphatic heterocycles. The minimum Gasteiger partial charge on any atom is -0.494 e. The van der Waals surface area contributed by atoms with E-state index < -0.39 is 12.3 Å². The summed E-state index contributed by atoms with van der Waals surface area (Å²) in [6.45, 7) is 3.04. The normalized spacial score (nSPS) is 19.0. The fraction of sp³-hybridized carbons (Fsp3) is 0.571. The van der Waals surface area contributed by atoms with Crippen LogP contribution in [0.25, 0.3) is 11.1 Å². The molecule has 0 radical (unpaired) electrons. The molecule has 0 aromatic heterocycles. The van der Waals surface area contributed by atoms with Crippen LogP contribution in [0, 0.1) is 5.92 Å². The zero-order valence-electron chi connectivity index (χ0n) is 19.0. The number of benzene rings is 2. The highest BCUT2D eigenvalue weighted by atomic mass is 19.3. The lowest BCUT2D eigenvalue weighted by Crippen LogP contribution is -2.19. The molecule has 2 aromatic carbocycles. The van der Waals surface area contributed by atoms with Gasteiger partial charge in [0.2, 0.25) is 6.43 Å². The third kappa shape index (κ3) is 7.63. The number of alkyl halides is 2. The van der Waals surface area contributed by atoms with Gasteiger partial charge in [0.25, 0.3) is 0 Å². The number of hydrogen-bond acceptors (Lipinski definition) is 1. The van der Waals surface area contributed by atoms with Gasteiger partial charge in [-0.15, -0.1) is 0 Å². The molecule has 1 saturated carbocycles. The number of rotatable bonds is 12. The minimum absolute atomic E-state index is 0.401. The van der Waals surface area contributed by atoms with Crippen molar-refractivity contribution in [3.63, 3.8) is 0 Å². The van der Waals surface area contributed by atoms with Crippen molar-refractivity contribution in [2.75, 3.05) is 6.61 Å². The predicted molar refractivity (Wildman–Crippen MR) is 126 cm³/mol. The molecule has 3 rings (SSSR count). The van der Waals surface area contributed by atoms with E-state index in [9.17, 15) is 8.78 Å². The van der Waals surface area contributed by atoms with Crippen molar-refractivity contribution in [1.29, 1.82) is 0 Å². The lowest BCUT2D eigenvalue weighted by Gasteiger charge is -2.28. The van der Waals surface area contributed by atoms with Gasteiger partial charge in [0.15, 0.2) is 0 Å². The summed E-state index contributed by atoms with van der Waals surface area (Å²) in [4.78, 5) is 0. The Hall–Kier alpha value is -1.90. The van der Waals surface area contributed by atoms with Crippen LogP contribution in [0.15, 0.2) is 48.5 Å². The summed E-state index contributed by atoms with van der Waals surface area (Å²) in [7, 11) is 0. The Morgan fingerprint density at radius 1 is 0.742 bits per heavy atom. The van der Waals surface area contributed by atoms with Crippen molar-refractivity contribution in [2.24, 2.45) is 5.92 Å². The Kier molecular flexibility index (Phi) is 9.84. The molecule has 0 saturated heterocycles. The molecule has 2 aromatic rings. The maximum absolute atomic E-state index is 12.9. The van der Waals surface area contributed by atoms with Gasteiger partial charge in [-0.3, -0.25) is 0 Å². The summed E-state index contributed by atoms with van der Waals surface area (Å²) in [6, 6.07) is 17.0. The minimum atomic E-state index is -2.16. The first-order chi connectivity index (χ1) is 15.2. The molecule has 31 heavy (non-hydrogen) atoms. The first-order valence-electron chi connectivity index (χ1n) is 12.3. The Bertz CT molecular complexity index is 731. The van der Waals surface area contributed by atoms with Gasteiger partial charge in [0, 0.05) is 5.92 Å². The molecule has 3 heteroatoms. The summed E-state index contributed by atoms with van der Waals surface area (Å²) in [6.07, 6.45) is 9.91. The van der Waals surface area contributed by atoms with Gasteiger partial charge >= 0.3 is 0 Å².